The second-order valence-electron chi connectivity index (χ2n) is 15.4. The van der Waals surface area contributed by atoms with Gasteiger partial charge in [0.25, 0.3) is 0 Å². The van der Waals surface area contributed by atoms with Crippen molar-refractivity contribution in [2.24, 2.45) is 23.7 Å². The summed E-state index contributed by atoms with van der Waals surface area (Å²) in [6.45, 7) is 21.8. The Kier molecular flexibility index (Phi) is 14.3. The Balaban J connectivity index is 2.44. The Bertz CT molecular complexity index is 933. The summed E-state index contributed by atoms with van der Waals surface area (Å²) in [5.74, 6) is -1.65. The van der Waals surface area contributed by atoms with Crippen LogP contribution in [0.15, 0.2) is 0 Å². The van der Waals surface area contributed by atoms with E-state index in [1.807, 2.05) is 27.7 Å². The fourth-order valence-corrected chi connectivity index (χ4v) is 7.34. The molecule has 0 aromatic carbocycles. The summed E-state index contributed by atoms with van der Waals surface area (Å²) in [6.07, 6.45) is -3.09. The van der Waals surface area contributed by atoms with Gasteiger partial charge in [0.15, 0.2) is 6.29 Å². The van der Waals surface area contributed by atoms with Gasteiger partial charge in [-0.3, -0.25) is 4.79 Å². The zero-order valence-corrected chi connectivity index (χ0v) is 30.1. The molecule has 0 aromatic rings. The van der Waals surface area contributed by atoms with E-state index in [9.17, 15) is 25.2 Å². The minimum Gasteiger partial charge on any atom is -0.459 e. The average Bonchev–Trinajstić information content (AvgIpc) is 2.93. The first-order valence-corrected chi connectivity index (χ1v) is 17.0. The lowest BCUT2D eigenvalue weighted by molar-refractivity contribution is -0.328. The van der Waals surface area contributed by atoms with Gasteiger partial charge in [0.1, 0.15) is 22.9 Å². The Morgan fingerprint density at radius 1 is 1.02 bits per heavy atom. The molecule has 2 fully saturated rings. The van der Waals surface area contributed by atoms with Gasteiger partial charge in [-0.25, -0.2) is 0 Å². The van der Waals surface area contributed by atoms with Gasteiger partial charge in [0.05, 0.1) is 29.8 Å². The number of carbonyl (C=O) groups excluding carboxylic acids is 1. The van der Waals surface area contributed by atoms with Crippen LogP contribution in [-0.2, 0) is 23.7 Å². The van der Waals surface area contributed by atoms with E-state index in [4.69, 9.17) is 18.9 Å². The molecule has 2 aliphatic rings. The van der Waals surface area contributed by atoms with Crippen LogP contribution in [0.2, 0.25) is 0 Å². The maximum Gasteiger partial charge on any atom is 0.311 e. The first-order chi connectivity index (χ1) is 20.6. The second-order valence-corrected chi connectivity index (χ2v) is 15.4. The van der Waals surface area contributed by atoms with Gasteiger partial charge in [-0.05, 0) is 85.1 Å². The summed E-state index contributed by atoms with van der Waals surface area (Å²) in [6, 6.07) is -0.0829. The van der Waals surface area contributed by atoms with Crippen molar-refractivity contribution in [1.29, 1.82) is 0 Å². The SMILES string of the molecule is CC[C@@H]1OC(=O)[C@H](C)[C@H](OC2C[C@@](C)(OC)[C@](O)(CNCC(C)C)[C@H](C)O2)[C@@H](C)C[C@](C)(O)C[C@@H](C)NC[C@@H](C)[C@H](O)[C@]1(C)O. The van der Waals surface area contributed by atoms with E-state index in [1.54, 1.807) is 34.8 Å². The third-order valence-electron chi connectivity index (χ3n) is 10.3. The molecule has 0 amide bonds. The fraction of sp³-hybridized carbons (Fsp3) is 0.971. The first kappa shape index (κ1) is 40.3. The van der Waals surface area contributed by atoms with Gasteiger partial charge >= 0.3 is 5.97 Å². The van der Waals surface area contributed by atoms with Crippen molar-refractivity contribution in [3.05, 3.63) is 0 Å². The summed E-state index contributed by atoms with van der Waals surface area (Å²) in [7, 11) is 1.56. The van der Waals surface area contributed by atoms with E-state index in [2.05, 4.69) is 24.5 Å². The largest absolute Gasteiger partial charge is 0.459 e. The number of hydrogen-bond donors (Lipinski definition) is 6. The Labute approximate surface area is 272 Å². The molecule has 11 heteroatoms. The van der Waals surface area contributed by atoms with Crippen molar-refractivity contribution in [2.45, 2.75) is 161 Å². The summed E-state index contributed by atoms with van der Waals surface area (Å²) < 4.78 is 24.8. The normalized spacial score (nSPS) is 46.3. The van der Waals surface area contributed by atoms with Crippen molar-refractivity contribution in [2.75, 3.05) is 26.7 Å². The monoisotopic (exact) mass is 646 g/mol. The molecule has 13 atom stereocenters. The molecule has 11 nitrogen and oxygen atoms in total. The number of hydrogen-bond acceptors (Lipinski definition) is 11. The highest BCUT2D eigenvalue weighted by Gasteiger charge is 2.57. The molecule has 0 aliphatic carbocycles. The third kappa shape index (κ3) is 9.83. The molecule has 6 N–H and O–H groups in total. The number of esters is 1. The molecule has 0 bridgehead atoms. The fourth-order valence-electron chi connectivity index (χ4n) is 7.34. The molecule has 266 valence electrons. The molecule has 0 spiro atoms. The molecule has 2 saturated heterocycles. The smallest absolute Gasteiger partial charge is 0.311 e. The number of rotatable bonds is 8. The molecule has 0 aromatic heterocycles. The van der Waals surface area contributed by atoms with Gasteiger partial charge in [0.2, 0.25) is 0 Å². The molecular formula is C34H66N2O9. The highest BCUT2D eigenvalue weighted by molar-refractivity contribution is 5.73. The van der Waals surface area contributed by atoms with Crippen molar-refractivity contribution >= 4 is 5.97 Å². The highest BCUT2D eigenvalue weighted by atomic mass is 16.7. The lowest BCUT2D eigenvalue weighted by Crippen LogP contribution is -2.70. The van der Waals surface area contributed by atoms with E-state index in [0.29, 0.717) is 31.7 Å². The van der Waals surface area contributed by atoms with Gasteiger partial charge in [-0.1, -0.05) is 34.6 Å². The molecule has 0 radical (unpaired) electrons. The second kappa shape index (κ2) is 16.0. The Morgan fingerprint density at radius 3 is 2.20 bits per heavy atom. The van der Waals surface area contributed by atoms with Gasteiger partial charge < -0.3 is 50.0 Å². The van der Waals surface area contributed by atoms with E-state index in [-0.39, 0.29) is 30.8 Å². The van der Waals surface area contributed by atoms with Crippen molar-refractivity contribution in [3.8, 4) is 0 Å². The van der Waals surface area contributed by atoms with Gasteiger partial charge in [-0.15, -0.1) is 0 Å². The summed E-state index contributed by atoms with van der Waals surface area (Å²) in [5.41, 5.74) is -5.17. The quantitative estimate of drug-likeness (QED) is 0.215. The van der Waals surface area contributed by atoms with Crippen LogP contribution in [0.1, 0.15) is 102 Å². The summed E-state index contributed by atoms with van der Waals surface area (Å²) >= 11 is 0. The van der Waals surface area contributed by atoms with E-state index in [0.717, 1.165) is 6.54 Å². The Hall–Kier alpha value is -0.890. The van der Waals surface area contributed by atoms with Crippen LogP contribution in [0, 0.1) is 23.7 Å². The number of methoxy groups -OCH3 is 1. The van der Waals surface area contributed by atoms with Crippen molar-refractivity contribution in [1.82, 2.24) is 10.6 Å². The van der Waals surface area contributed by atoms with Crippen molar-refractivity contribution < 1.29 is 44.2 Å². The lowest BCUT2D eigenvalue weighted by atomic mass is 9.75. The van der Waals surface area contributed by atoms with Crippen molar-refractivity contribution in [3.63, 3.8) is 0 Å². The van der Waals surface area contributed by atoms with E-state index in [1.165, 1.54) is 6.92 Å². The van der Waals surface area contributed by atoms with Gasteiger partial charge in [0, 0.05) is 32.7 Å². The van der Waals surface area contributed by atoms with E-state index >= 15 is 0 Å². The predicted octanol–water partition coefficient (Wildman–Crippen LogP) is 2.75. The van der Waals surface area contributed by atoms with Crippen LogP contribution in [-0.4, -0.2) is 112 Å². The number of cyclic esters (lactones) is 1. The molecular weight excluding hydrogens is 580 g/mol. The lowest BCUT2D eigenvalue weighted by Gasteiger charge is -2.53. The molecule has 2 rings (SSSR count). The van der Waals surface area contributed by atoms with Crippen LogP contribution in [0.25, 0.3) is 0 Å². The van der Waals surface area contributed by atoms with Crippen LogP contribution < -0.4 is 10.6 Å². The standard InChI is InChI=1S/C34H66N2O9/c1-13-26-33(11,40)29(37)22(5)18-36-23(6)15-31(9,39)14-21(4)28(24(7)30(38)44-26)45-27-16-32(10,42-12)34(41,25(8)43-27)19-35-17-20(2)3/h20-29,35-37,39-41H,13-19H2,1-12H3/t21-,22+,23+,24+,25-,26-,27?,28+,29-,31-,32+,33+,34-/m0/s1. The molecule has 0 saturated carbocycles. The van der Waals surface area contributed by atoms with Crippen LogP contribution in [0.3, 0.4) is 0 Å². The predicted molar refractivity (Wildman–Crippen MR) is 174 cm³/mol. The number of aliphatic hydroxyl groups excluding tert-OH is 1. The average molecular weight is 647 g/mol. The topological polar surface area (TPSA) is 159 Å². The van der Waals surface area contributed by atoms with Crippen LogP contribution in [0.4, 0.5) is 0 Å². The molecule has 45 heavy (non-hydrogen) atoms. The maximum atomic E-state index is 13.7. The number of aliphatic hydroxyl groups is 4. The number of carbonyl (C=O) groups is 1. The number of ether oxygens (including phenoxy) is 4. The van der Waals surface area contributed by atoms with E-state index < -0.39 is 65.0 Å². The van der Waals surface area contributed by atoms with Crippen LogP contribution in [0.5, 0.6) is 0 Å². The maximum absolute atomic E-state index is 13.7. The van der Waals surface area contributed by atoms with Gasteiger partial charge in [-0.2, -0.15) is 0 Å². The Morgan fingerprint density at radius 2 is 1.64 bits per heavy atom. The summed E-state index contributed by atoms with van der Waals surface area (Å²) in [4.78, 5) is 13.7. The highest BCUT2D eigenvalue weighted by Crippen LogP contribution is 2.42. The molecule has 1 unspecified atom stereocenters. The first-order valence-electron chi connectivity index (χ1n) is 17.0. The minimum absolute atomic E-state index is 0.0829. The van der Waals surface area contributed by atoms with Crippen LogP contribution >= 0.6 is 0 Å². The zero-order chi connectivity index (χ0) is 34.5. The minimum atomic E-state index is -1.70. The zero-order valence-electron chi connectivity index (χ0n) is 30.1. The molecule has 2 heterocycles. The summed E-state index contributed by atoms with van der Waals surface area (Å²) in [5, 5.41) is 52.6. The number of nitrogens with one attached hydrogen (secondary N) is 2. The third-order valence-corrected chi connectivity index (χ3v) is 10.3. The molecule has 2 aliphatic heterocycles.